The molecule has 1 fully saturated rings. The summed E-state index contributed by atoms with van der Waals surface area (Å²) in [4.78, 5) is 10.8. The largest absolute Gasteiger partial charge is 0.350 e. The van der Waals surface area contributed by atoms with Gasteiger partial charge in [0.2, 0.25) is 0 Å². The van der Waals surface area contributed by atoms with Crippen molar-refractivity contribution in [2.45, 2.75) is 52.9 Å². The highest BCUT2D eigenvalue weighted by Gasteiger charge is 2.45. The number of carbonyl (C=O) groups excluding carboxylic acids is 1. The fraction of sp³-hybridized carbons (Fsp3) is 0.714. The molecule has 0 unspecified atom stereocenters. The second-order valence-corrected chi connectivity index (χ2v) is 6.23. The van der Waals surface area contributed by atoms with Crippen LogP contribution >= 0.6 is 0 Å². The maximum absolute atomic E-state index is 10.8. The van der Waals surface area contributed by atoms with Crippen molar-refractivity contribution in [3.63, 3.8) is 0 Å². The summed E-state index contributed by atoms with van der Waals surface area (Å²) < 4.78 is 0. The number of hydrogen-bond acceptors (Lipinski definition) is 2. The van der Waals surface area contributed by atoms with Crippen molar-refractivity contribution >= 4 is 11.7 Å². The molecule has 2 aliphatic rings. The van der Waals surface area contributed by atoms with Crippen LogP contribution in [0.4, 0.5) is 4.79 Å². The highest BCUT2D eigenvalue weighted by molar-refractivity contribution is 5.94. The lowest BCUT2D eigenvalue weighted by molar-refractivity contribution is 0.245. The van der Waals surface area contributed by atoms with Crippen LogP contribution in [-0.4, -0.2) is 11.7 Å². The summed E-state index contributed by atoms with van der Waals surface area (Å²) in [5.74, 6) is 0. The van der Waals surface area contributed by atoms with Crippen LogP contribution in [-0.2, 0) is 0 Å². The molecule has 2 aliphatic carbocycles. The van der Waals surface area contributed by atoms with Crippen molar-refractivity contribution in [1.82, 2.24) is 5.43 Å². The maximum atomic E-state index is 10.8. The van der Waals surface area contributed by atoms with E-state index in [0.29, 0.717) is 5.41 Å². The first-order chi connectivity index (χ1) is 8.36. The van der Waals surface area contributed by atoms with Gasteiger partial charge < -0.3 is 5.73 Å². The summed E-state index contributed by atoms with van der Waals surface area (Å²) in [7, 11) is 0. The summed E-state index contributed by atoms with van der Waals surface area (Å²) in [6.07, 6.45) is 8.12. The summed E-state index contributed by atoms with van der Waals surface area (Å²) in [5, 5.41) is 4.21. The third kappa shape index (κ3) is 2.16. The lowest BCUT2D eigenvalue weighted by Crippen LogP contribution is -2.43. The van der Waals surface area contributed by atoms with Crippen molar-refractivity contribution in [2.75, 3.05) is 0 Å². The number of fused-ring (bicyclic) bond motifs is 1. The second kappa shape index (κ2) is 4.41. The van der Waals surface area contributed by atoms with E-state index in [9.17, 15) is 4.79 Å². The van der Waals surface area contributed by atoms with Crippen LogP contribution in [0.5, 0.6) is 0 Å². The Morgan fingerprint density at radius 3 is 2.78 bits per heavy atom. The normalized spacial score (nSPS) is 32.6. The quantitative estimate of drug-likeness (QED) is 0.544. The molecule has 1 saturated carbocycles. The molecule has 0 radical (unpaired) electrons. The zero-order chi connectivity index (χ0) is 13.4. The standard InChI is InChI=1S/C14H23N3O/c1-13(2)10-6-4-5-8-14(10,3)9-7-11(13)16-17-12(15)18/h6H,4-5,7-9H2,1-3H3,(H3,15,17,18)/b16-11-/t14-/m1/s1. The molecule has 1 atom stereocenters. The highest BCUT2D eigenvalue weighted by Crippen LogP contribution is 2.53. The maximum Gasteiger partial charge on any atom is 0.332 e. The predicted octanol–water partition coefficient (Wildman–Crippen LogP) is 2.95. The van der Waals surface area contributed by atoms with Gasteiger partial charge in [-0.2, -0.15) is 5.10 Å². The molecule has 2 amide bonds. The Bertz CT molecular complexity index is 423. The molecule has 0 heterocycles. The number of hydrogen-bond donors (Lipinski definition) is 2. The summed E-state index contributed by atoms with van der Waals surface area (Å²) in [5.41, 5.74) is 10.2. The van der Waals surface area contributed by atoms with E-state index in [4.69, 9.17) is 5.73 Å². The van der Waals surface area contributed by atoms with Gasteiger partial charge >= 0.3 is 6.03 Å². The molecule has 4 heteroatoms. The fourth-order valence-electron chi connectivity index (χ4n) is 3.57. The smallest absolute Gasteiger partial charge is 0.332 e. The van der Waals surface area contributed by atoms with Crippen LogP contribution in [0, 0.1) is 10.8 Å². The summed E-state index contributed by atoms with van der Waals surface area (Å²) in [6, 6.07) is -0.593. The predicted molar refractivity (Wildman–Crippen MR) is 73.2 cm³/mol. The van der Waals surface area contributed by atoms with Gasteiger partial charge in [0, 0.05) is 11.1 Å². The number of primary amides is 1. The van der Waals surface area contributed by atoms with Crippen LogP contribution < -0.4 is 11.2 Å². The molecular formula is C14H23N3O. The average Bonchev–Trinajstić information content (AvgIpc) is 2.27. The number of carbonyl (C=O) groups is 1. The van der Waals surface area contributed by atoms with Gasteiger partial charge in [0.15, 0.2) is 0 Å². The van der Waals surface area contributed by atoms with Crippen molar-refractivity contribution in [1.29, 1.82) is 0 Å². The van der Waals surface area contributed by atoms with E-state index in [1.165, 1.54) is 18.4 Å². The number of nitrogens with zero attached hydrogens (tertiary/aromatic N) is 1. The molecule has 0 spiro atoms. The van der Waals surface area contributed by atoms with Crippen LogP contribution in [0.2, 0.25) is 0 Å². The first-order valence-corrected chi connectivity index (χ1v) is 6.70. The van der Waals surface area contributed by atoms with E-state index in [0.717, 1.165) is 25.0 Å². The highest BCUT2D eigenvalue weighted by atomic mass is 16.2. The first kappa shape index (κ1) is 13.1. The van der Waals surface area contributed by atoms with Crippen molar-refractivity contribution in [3.05, 3.63) is 11.6 Å². The van der Waals surface area contributed by atoms with Gasteiger partial charge in [0.1, 0.15) is 0 Å². The molecule has 18 heavy (non-hydrogen) atoms. The van der Waals surface area contributed by atoms with Gasteiger partial charge in [-0.3, -0.25) is 0 Å². The van der Waals surface area contributed by atoms with Crippen LogP contribution in [0.3, 0.4) is 0 Å². The van der Waals surface area contributed by atoms with E-state index in [1.807, 2.05) is 0 Å². The van der Waals surface area contributed by atoms with Crippen LogP contribution in [0.15, 0.2) is 16.8 Å². The third-order valence-corrected chi connectivity index (χ3v) is 4.54. The molecule has 0 aromatic rings. The fourth-order valence-corrected chi connectivity index (χ4v) is 3.57. The number of urea groups is 1. The van der Waals surface area contributed by atoms with E-state index >= 15 is 0 Å². The third-order valence-electron chi connectivity index (χ3n) is 4.54. The zero-order valence-electron chi connectivity index (χ0n) is 11.5. The minimum Gasteiger partial charge on any atom is -0.350 e. The molecule has 0 bridgehead atoms. The number of nitrogens with two attached hydrogens (primary N) is 1. The lowest BCUT2D eigenvalue weighted by Gasteiger charge is -2.48. The summed E-state index contributed by atoms with van der Waals surface area (Å²) >= 11 is 0. The van der Waals surface area contributed by atoms with Gasteiger partial charge in [0.25, 0.3) is 0 Å². The number of allylic oxidation sites excluding steroid dienone is 2. The number of nitrogens with one attached hydrogen (secondary N) is 1. The van der Waals surface area contributed by atoms with E-state index < -0.39 is 6.03 Å². The number of hydrazone groups is 1. The first-order valence-electron chi connectivity index (χ1n) is 6.70. The lowest BCUT2D eigenvalue weighted by atomic mass is 9.56. The molecule has 100 valence electrons. The Kier molecular flexibility index (Phi) is 3.21. The van der Waals surface area contributed by atoms with Gasteiger partial charge in [-0.05, 0) is 37.5 Å². The van der Waals surface area contributed by atoms with Gasteiger partial charge in [0.05, 0.1) is 0 Å². The van der Waals surface area contributed by atoms with E-state index in [1.54, 1.807) is 0 Å². The second-order valence-electron chi connectivity index (χ2n) is 6.23. The molecule has 0 saturated heterocycles. The number of rotatable bonds is 1. The van der Waals surface area contributed by atoms with E-state index in [-0.39, 0.29) is 5.41 Å². The monoisotopic (exact) mass is 249 g/mol. The van der Waals surface area contributed by atoms with Crippen LogP contribution in [0.25, 0.3) is 0 Å². The molecule has 2 rings (SSSR count). The Morgan fingerprint density at radius 1 is 1.39 bits per heavy atom. The minimum absolute atomic E-state index is 0.0735. The molecule has 4 nitrogen and oxygen atoms in total. The van der Waals surface area contributed by atoms with Gasteiger partial charge in [-0.1, -0.05) is 32.4 Å². The Hall–Kier alpha value is -1.32. The Balaban J connectivity index is 2.32. The van der Waals surface area contributed by atoms with Gasteiger partial charge in [-0.25, -0.2) is 10.2 Å². The topological polar surface area (TPSA) is 67.5 Å². The molecule has 0 aromatic carbocycles. The van der Waals surface area contributed by atoms with Crippen LogP contribution in [0.1, 0.15) is 52.9 Å². The van der Waals surface area contributed by atoms with E-state index in [2.05, 4.69) is 37.4 Å². The number of amides is 2. The SMILES string of the molecule is CC1(C)C2=CCCC[C@]2(C)CC/C1=N/NC(N)=O. The molecule has 0 aliphatic heterocycles. The zero-order valence-corrected chi connectivity index (χ0v) is 11.5. The molecule has 0 aromatic heterocycles. The average molecular weight is 249 g/mol. The Labute approximate surface area is 109 Å². The molecular weight excluding hydrogens is 226 g/mol. The van der Waals surface area contributed by atoms with Crippen molar-refractivity contribution in [3.8, 4) is 0 Å². The minimum atomic E-state index is -0.593. The van der Waals surface area contributed by atoms with Crippen molar-refractivity contribution < 1.29 is 4.79 Å². The Morgan fingerprint density at radius 2 is 2.11 bits per heavy atom. The summed E-state index contributed by atoms with van der Waals surface area (Å²) in [6.45, 7) is 6.75. The van der Waals surface area contributed by atoms with Crippen molar-refractivity contribution in [2.24, 2.45) is 21.7 Å². The molecule has 3 N–H and O–H groups in total. The van der Waals surface area contributed by atoms with Gasteiger partial charge in [-0.15, -0.1) is 0 Å².